The number of ether oxygens (including phenoxy) is 1. The van der Waals surface area contributed by atoms with E-state index in [0.29, 0.717) is 23.9 Å². The van der Waals surface area contributed by atoms with Crippen LogP contribution in [0.5, 0.6) is 0 Å². The van der Waals surface area contributed by atoms with E-state index in [0.717, 1.165) is 5.57 Å². The minimum absolute atomic E-state index is 0.272. The maximum Gasteiger partial charge on any atom is 0.334 e. The Bertz CT molecular complexity index is 433. The minimum atomic E-state index is -0.300. The summed E-state index contributed by atoms with van der Waals surface area (Å²) in [5.74, 6) is 0.706. The van der Waals surface area contributed by atoms with Gasteiger partial charge in [0.2, 0.25) is 0 Å². The Morgan fingerprint density at radius 3 is 2.50 bits per heavy atom. The fraction of sp³-hybridized carbons (Fsp3) is 0.643. The second-order valence-electron chi connectivity index (χ2n) is 5.04. The summed E-state index contributed by atoms with van der Waals surface area (Å²) in [5, 5.41) is 0. The summed E-state index contributed by atoms with van der Waals surface area (Å²) in [6.07, 6.45) is 1.86. The van der Waals surface area contributed by atoms with Crippen molar-refractivity contribution in [2.45, 2.75) is 47.1 Å². The maximum absolute atomic E-state index is 11.6. The average Bonchev–Trinajstić information content (AvgIpc) is 2.72. The molecule has 100 valence electrons. The van der Waals surface area contributed by atoms with Crippen molar-refractivity contribution in [3.63, 3.8) is 0 Å². The van der Waals surface area contributed by atoms with Gasteiger partial charge in [-0.05, 0) is 33.6 Å². The molecule has 0 aromatic heterocycles. The van der Waals surface area contributed by atoms with Crippen LogP contribution in [0.2, 0.25) is 0 Å². The zero-order chi connectivity index (χ0) is 13.9. The van der Waals surface area contributed by atoms with Gasteiger partial charge in [0.25, 0.3) is 0 Å². The summed E-state index contributed by atoms with van der Waals surface area (Å²) < 4.78 is 4.98. The van der Waals surface area contributed by atoms with Crippen molar-refractivity contribution >= 4 is 18.0 Å². The third-order valence-corrected chi connectivity index (χ3v) is 3.44. The van der Waals surface area contributed by atoms with E-state index >= 15 is 0 Å². The highest BCUT2D eigenvalue weighted by molar-refractivity contribution is 6.11. The fourth-order valence-corrected chi connectivity index (χ4v) is 1.50. The summed E-state index contributed by atoms with van der Waals surface area (Å²) in [5.41, 5.74) is 1.08. The maximum atomic E-state index is 11.6. The van der Waals surface area contributed by atoms with Gasteiger partial charge in [-0.15, -0.1) is 0 Å². The second-order valence-corrected chi connectivity index (χ2v) is 5.04. The minimum Gasteiger partial charge on any atom is -0.463 e. The van der Waals surface area contributed by atoms with E-state index in [4.69, 9.17) is 4.74 Å². The summed E-state index contributed by atoms with van der Waals surface area (Å²) in [7, 11) is 0. The molecule has 1 aliphatic heterocycles. The third kappa shape index (κ3) is 2.86. The van der Waals surface area contributed by atoms with Crippen LogP contribution in [-0.2, 0) is 9.53 Å². The van der Waals surface area contributed by atoms with Crippen LogP contribution < -0.4 is 0 Å². The Labute approximate surface area is 109 Å². The molecule has 0 aromatic rings. The molecule has 0 bridgehead atoms. The number of nitrogens with zero attached hydrogens (tertiary/aromatic N) is 2. The molecule has 0 amide bonds. The molecular weight excluding hydrogens is 228 g/mol. The molecule has 4 nitrogen and oxygen atoms in total. The lowest BCUT2D eigenvalue weighted by Gasteiger charge is -2.21. The number of carbonyl (C=O) groups excluding carboxylic acids is 1. The molecule has 0 saturated carbocycles. The van der Waals surface area contributed by atoms with Gasteiger partial charge >= 0.3 is 5.97 Å². The number of hydrogen-bond donors (Lipinski definition) is 0. The number of carbonyl (C=O) groups is 1. The van der Waals surface area contributed by atoms with Crippen molar-refractivity contribution in [2.24, 2.45) is 15.9 Å². The Kier molecular flexibility index (Phi) is 4.43. The molecule has 4 heteroatoms. The van der Waals surface area contributed by atoms with Crippen LogP contribution in [0.15, 0.2) is 21.1 Å². The Morgan fingerprint density at radius 1 is 1.44 bits per heavy atom. The van der Waals surface area contributed by atoms with Crippen LogP contribution in [0.4, 0.5) is 0 Å². The summed E-state index contributed by atoms with van der Waals surface area (Å²) in [4.78, 5) is 20.6. The molecule has 0 aromatic carbocycles. The first-order valence-corrected chi connectivity index (χ1v) is 6.32. The summed E-state index contributed by atoms with van der Waals surface area (Å²) in [6.45, 7) is 12.0. The predicted molar refractivity (Wildman–Crippen MR) is 74.2 cm³/mol. The molecule has 0 N–H and O–H groups in total. The van der Waals surface area contributed by atoms with Gasteiger partial charge in [-0.2, -0.15) is 0 Å². The second kappa shape index (κ2) is 5.46. The van der Waals surface area contributed by atoms with Crippen LogP contribution in [-0.4, -0.2) is 30.2 Å². The van der Waals surface area contributed by atoms with Gasteiger partial charge in [0.15, 0.2) is 5.84 Å². The van der Waals surface area contributed by atoms with Crippen LogP contribution in [0.3, 0.4) is 0 Å². The number of rotatable bonds is 4. The van der Waals surface area contributed by atoms with Crippen molar-refractivity contribution in [3.05, 3.63) is 11.1 Å². The number of amidine groups is 1. The highest BCUT2D eigenvalue weighted by Crippen LogP contribution is 2.26. The van der Waals surface area contributed by atoms with E-state index in [-0.39, 0.29) is 11.5 Å². The monoisotopic (exact) mass is 250 g/mol. The quantitative estimate of drug-likeness (QED) is 0.569. The lowest BCUT2D eigenvalue weighted by Crippen LogP contribution is -2.28. The standard InChI is InChI=1S/C14H22N2O2/c1-7-18-13(17)11(5)10(4)12-15-8-14(6,16-12)9(2)3/h8-9H,7H2,1-6H3. The third-order valence-electron chi connectivity index (χ3n) is 3.44. The number of hydrogen-bond acceptors (Lipinski definition) is 4. The van der Waals surface area contributed by atoms with Crippen molar-refractivity contribution < 1.29 is 9.53 Å². The lowest BCUT2D eigenvalue weighted by molar-refractivity contribution is -0.138. The Morgan fingerprint density at radius 2 is 2.06 bits per heavy atom. The van der Waals surface area contributed by atoms with E-state index in [1.54, 1.807) is 13.8 Å². The highest BCUT2D eigenvalue weighted by Gasteiger charge is 2.31. The highest BCUT2D eigenvalue weighted by atomic mass is 16.5. The van der Waals surface area contributed by atoms with Gasteiger partial charge in [-0.25, -0.2) is 9.79 Å². The van der Waals surface area contributed by atoms with Gasteiger partial charge < -0.3 is 4.74 Å². The van der Waals surface area contributed by atoms with Gasteiger partial charge in [0, 0.05) is 17.4 Å². The molecule has 0 fully saturated rings. The molecule has 0 spiro atoms. The van der Waals surface area contributed by atoms with Gasteiger partial charge in [0.05, 0.1) is 12.1 Å². The SMILES string of the molecule is CCOC(=O)C(C)=C(C)C1=NC(C)(C(C)C)C=N1. The van der Waals surface area contributed by atoms with E-state index in [1.165, 1.54) is 0 Å². The first kappa shape index (κ1) is 14.6. The fourth-order valence-electron chi connectivity index (χ4n) is 1.50. The van der Waals surface area contributed by atoms with Gasteiger partial charge in [0.1, 0.15) is 0 Å². The first-order valence-electron chi connectivity index (χ1n) is 6.32. The zero-order valence-electron chi connectivity index (χ0n) is 12.1. The van der Waals surface area contributed by atoms with Crippen LogP contribution in [0, 0.1) is 5.92 Å². The normalized spacial score (nSPS) is 24.1. The molecule has 1 heterocycles. The van der Waals surface area contributed by atoms with Crippen molar-refractivity contribution in [1.29, 1.82) is 0 Å². The Hall–Kier alpha value is -1.45. The van der Waals surface area contributed by atoms with Crippen LogP contribution in [0.25, 0.3) is 0 Å². The molecule has 1 aliphatic rings. The topological polar surface area (TPSA) is 51.0 Å². The van der Waals surface area contributed by atoms with E-state index in [9.17, 15) is 4.79 Å². The molecule has 18 heavy (non-hydrogen) atoms. The van der Waals surface area contributed by atoms with Gasteiger partial charge in [-0.1, -0.05) is 13.8 Å². The summed E-state index contributed by atoms with van der Waals surface area (Å²) in [6, 6.07) is 0. The molecule has 1 rings (SSSR count). The first-order chi connectivity index (χ1) is 8.31. The Balaban J connectivity index is 3.00. The summed E-state index contributed by atoms with van der Waals surface area (Å²) >= 11 is 0. The zero-order valence-corrected chi connectivity index (χ0v) is 12.1. The predicted octanol–water partition coefficient (Wildman–Crippen LogP) is 2.78. The van der Waals surface area contributed by atoms with E-state index in [2.05, 4.69) is 23.8 Å². The molecule has 0 aliphatic carbocycles. The molecular formula is C14H22N2O2. The number of esters is 1. The molecule has 0 saturated heterocycles. The largest absolute Gasteiger partial charge is 0.463 e. The van der Waals surface area contributed by atoms with E-state index in [1.807, 2.05) is 20.1 Å². The van der Waals surface area contributed by atoms with Crippen LogP contribution in [0.1, 0.15) is 41.5 Å². The molecule has 0 radical (unpaired) electrons. The van der Waals surface area contributed by atoms with Crippen LogP contribution >= 0.6 is 0 Å². The average molecular weight is 250 g/mol. The van der Waals surface area contributed by atoms with E-state index < -0.39 is 0 Å². The van der Waals surface area contributed by atoms with Gasteiger partial charge in [-0.3, -0.25) is 4.99 Å². The number of aliphatic imine (C=N–C) groups is 2. The molecule has 1 atom stereocenters. The van der Waals surface area contributed by atoms with Crippen molar-refractivity contribution in [3.8, 4) is 0 Å². The smallest absolute Gasteiger partial charge is 0.334 e. The lowest BCUT2D eigenvalue weighted by atomic mass is 9.91. The van der Waals surface area contributed by atoms with Crippen molar-refractivity contribution in [2.75, 3.05) is 6.61 Å². The van der Waals surface area contributed by atoms with Crippen molar-refractivity contribution in [1.82, 2.24) is 0 Å². The molecule has 1 unspecified atom stereocenters.